The first-order chi connectivity index (χ1) is 4.59. The van der Waals surface area contributed by atoms with E-state index in [1.54, 1.807) is 0 Å². The summed E-state index contributed by atoms with van der Waals surface area (Å²) in [5.74, 6) is 0. The van der Waals surface area contributed by atoms with Gasteiger partial charge in [0.25, 0.3) is 0 Å². The fourth-order valence-electron chi connectivity index (χ4n) is 1.13. The third kappa shape index (κ3) is 3.50. The number of nitrogens with zero attached hydrogens (tertiary/aromatic N) is 2. The molecule has 0 N–H and O–H groups in total. The zero-order valence-corrected chi connectivity index (χ0v) is 8.62. The van der Waals surface area contributed by atoms with Crippen molar-refractivity contribution in [3.8, 4) is 0 Å². The van der Waals surface area contributed by atoms with Crippen LogP contribution in [0.5, 0.6) is 0 Å². The highest BCUT2D eigenvalue weighted by Gasteiger charge is 2.10. The molecule has 0 aromatic rings. The van der Waals surface area contributed by atoms with Crippen LogP contribution in [0.3, 0.4) is 0 Å². The fraction of sp³-hybridized carbons (Fsp3) is 1.00. The summed E-state index contributed by atoms with van der Waals surface area (Å²) in [5.41, 5.74) is 0. The highest BCUT2D eigenvalue weighted by Crippen LogP contribution is 2.04. The maximum Gasteiger partial charge on any atom is 0.0615 e. The normalized spacial score (nSPS) is 12.0. The summed E-state index contributed by atoms with van der Waals surface area (Å²) in [6, 6.07) is 0. The molecular formula is C7H19N2P. The Morgan fingerprint density at radius 1 is 1.10 bits per heavy atom. The molecule has 0 aromatic carbocycles. The molecule has 10 heavy (non-hydrogen) atoms. The molecule has 0 aliphatic carbocycles. The second-order valence-corrected chi connectivity index (χ2v) is 3.56. The quantitative estimate of drug-likeness (QED) is 0.443. The van der Waals surface area contributed by atoms with Gasteiger partial charge in [-0.15, -0.1) is 9.24 Å². The minimum Gasteiger partial charge on any atom is -0.294 e. The lowest BCUT2D eigenvalue weighted by atomic mass is 10.3. The Hall–Kier alpha value is 0.350. The molecule has 0 heterocycles. The molecule has 1 unspecified atom stereocenters. The van der Waals surface area contributed by atoms with Gasteiger partial charge in [0.1, 0.15) is 0 Å². The first-order valence-corrected chi connectivity index (χ1v) is 4.44. The minimum absolute atomic E-state index is 0.581. The molecule has 0 aliphatic heterocycles. The van der Waals surface area contributed by atoms with E-state index >= 15 is 0 Å². The largest absolute Gasteiger partial charge is 0.294 e. The zero-order valence-electron chi connectivity index (χ0n) is 7.46. The van der Waals surface area contributed by atoms with Gasteiger partial charge in [-0.3, -0.25) is 9.80 Å². The zero-order chi connectivity index (χ0) is 8.15. The Morgan fingerprint density at radius 2 is 1.50 bits per heavy atom. The SMILES string of the molecule is CN(C)C(CCP)N(C)C. The van der Waals surface area contributed by atoms with Gasteiger partial charge >= 0.3 is 0 Å². The number of hydrogen-bond acceptors (Lipinski definition) is 2. The summed E-state index contributed by atoms with van der Waals surface area (Å²) in [4.78, 5) is 4.48. The van der Waals surface area contributed by atoms with Crippen LogP contribution in [0.4, 0.5) is 0 Å². The molecule has 0 amide bonds. The number of rotatable bonds is 4. The average Bonchev–Trinajstić information content (AvgIpc) is 1.81. The Labute approximate surface area is 66.8 Å². The molecule has 0 spiro atoms. The average molecular weight is 162 g/mol. The van der Waals surface area contributed by atoms with Crippen LogP contribution in [0.1, 0.15) is 6.42 Å². The highest BCUT2D eigenvalue weighted by atomic mass is 31.0. The van der Waals surface area contributed by atoms with Gasteiger partial charge in [-0.05, 0) is 40.8 Å². The molecule has 0 aliphatic rings. The molecule has 0 bridgehead atoms. The van der Waals surface area contributed by atoms with Crippen LogP contribution < -0.4 is 0 Å². The minimum atomic E-state index is 0.581. The summed E-state index contributed by atoms with van der Waals surface area (Å²) in [5, 5.41) is 0. The fourth-order valence-corrected chi connectivity index (χ4v) is 1.43. The Bertz CT molecular complexity index is 75.7. The van der Waals surface area contributed by atoms with E-state index in [1.807, 2.05) is 0 Å². The van der Waals surface area contributed by atoms with Gasteiger partial charge in [0.05, 0.1) is 6.17 Å². The second-order valence-electron chi connectivity index (χ2n) is 2.99. The smallest absolute Gasteiger partial charge is 0.0615 e. The molecule has 0 saturated carbocycles. The van der Waals surface area contributed by atoms with Crippen LogP contribution in [0, 0.1) is 0 Å². The first-order valence-electron chi connectivity index (χ1n) is 3.62. The lowest BCUT2D eigenvalue weighted by Gasteiger charge is -2.29. The predicted molar refractivity (Wildman–Crippen MR) is 50.4 cm³/mol. The van der Waals surface area contributed by atoms with Crippen molar-refractivity contribution < 1.29 is 0 Å². The first kappa shape index (κ1) is 10.3. The summed E-state index contributed by atoms with van der Waals surface area (Å²) in [6.07, 6.45) is 2.96. The van der Waals surface area contributed by atoms with E-state index in [0.717, 1.165) is 0 Å². The van der Waals surface area contributed by atoms with Crippen molar-refractivity contribution in [2.45, 2.75) is 12.6 Å². The van der Waals surface area contributed by atoms with Crippen molar-refractivity contribution in [2.75, 3.05) is 34.4 Å². The van der Waals surface area contributed by atoms with E-state index in [1.165, 1.54) is 12.6 Å². The maximum atomic E-state index is 2.76. The lowest BCUT2D eigenvalue weighted by Crippen LogP contribution is -2.40. The molecule has 0 fully saturated rings. The van der Waals surface area contributed by atoms with Crippen molar-refractivity contribution in [3.05, 3.63) is 0 Å². The highest BCUT2D eigenvalue weighted by molar-refractivity contribution is 7.16. The van der Waals surface area contributed by atoms with Gasteiger partial charge in [-0.2, -0.15) is 0 Å². The summed E-state index contributed by atoms with van der Waals surface area (Å²) < 4.78 is 0. The van der Waals surface area contributed by atoms with Crippen molar-refractivity contribution in [1.82, 2.24) is 9.80 Å². The van der Waals surface area contributed by atoms with Crippen LogP contribution in [-0.2, 0) is 0 Å². The van der Waals surface area contributed by atoms with Crippen LogP contribution in [-0.4, -0.2) is 50.3 Å². The van der Waals surface area contributed by atoms with Crippen LogP contribution in [0.25, 0.3) is 0 Å². The van der Waals surface area contributed by atoms with E-state index in [0.29, 0.717) is 6.17 Å². The Balaban J connectivity index is 3.73. The molecule has 2 nitrogen and oxygen atoms in total. The summed E-state index contributed by atoms with van der Waals surface area (Å²) in [7, 11) is 11.2. The molecular weight excluding hydrogens is 143 g/mol. The van der Waals surface area contributed by atoms with Gasteiger partial charge in [0.15, 0.2) is 0 Å². The molecule has 0 radical (unpaired) electrons. The molecule has 62 valence electrons. The van der Waals surface area contributed by atoms with Gasteiger partial charge < -0.3 is 0 Å². The third-order valence-corrected chi connectivity index (χ3v) is 1.95. The van der Waals surface area contributed by atoms with E-state index in [-0.39, 0.29) is 0 Å². The Morgan fingerprint density at radius 3 is 1.60 bits per heavy atom. The molecule has 0 rings (SSSR count). The molecule has 1 atom stereocenters. The lowest BCUT2D eigenvalue weighted by molar-refractivity contribution is 0.126. The molecule has 0 saturated heterocycles. The predicted octanol–water partition coefficient (Wildman–Crippen LogP) is 0.701. The monoisotopic (exact) mass is 162 g/mol. The van der Waals surface area contributed by atoms with Gasteiger partial charge in [-0.1, -0.05) is 0 Å². The maximum absolute atomic E-state index is 2.76. The summed E-state index contributed by atoms with van der Waals surface area (Å²) in [6.45, 7) is 0. The second kappa shape index (κ2) is 5.06. The van der Waals surface area contributed by atoms with Crippen LogP contribution in [0.15, 0.2) is 0 Å². The van der Waals surface area contributed by atoms with Crippen molar-refractivity contribution in [1.29, 1.82) is 0 Å². The molecule has 3 heteroatoms. The van der Waals surface area contributed by atoms with E-state index in [9.17, 15) is 0 Å². The van der Waals surface area contributed by atoms with Gasteiger partial charge in [0, 0.05) is 0 Å². The van der Waals surface area contributed by atoms with Gasteiger partial charge in [-0.25, -0.2) is 0 Å². The van der Waals surface area contributed by atoms with Crippen LogP contribution in [0.2, 0.25) is 0 Å². The van der Waals surface area contributed by atoms with E-state index in [2.05, 4.69) is 47.2 Å². The van der Waals surface area contributed by atoms with E-state index in [4.69, 9.17) is 0 Å². The molecule has 0 aromatic heterocycles. The van der Waals surface area contributed by atoms with Crippen molar-refractivity contribution in [2.24, 2.45) is 0 Å². The van der Waals surface area contributed by atoms with Crippen molar-refractivity contribution in [3.63, 3.8) is 0 Å². The Kier molecular flexibility index (Phi) is 5.24. The van der Waals surface area contributed by atoms with Gasteiger partial charge in [0.2, 0.25) is 0 Å². The number of hydrogen-bond donors (Lipinski definition) is 0. The van der Waals surface area contributed by atoms with E-state index < -0.39 is 0 Å². The standard InChI is InChI=1S/C7H19N2P/c1-8(2)7(5-6-10)9(3)4/h7H,5-6,10H2,1-4H3. The van der Waals surface area contributed by atoms with Crippen molar-refractivity contribution >= 4 is 9.24 Å². The summed E-state index contributed by atoms with van der Waals surface area (Å²) >= 11 is 0. The third-order valence-electron chi connectivity index (χ3n) is 1.62. The topological polar surface area (TPSA) is 6.48 Å². The van der Waals surface area contributed by atoms with Crippen LogP contribution >= 0.6 is 9.24 Å².